The molecule has 0 unspecified atom stereocenters. The van der Waals surface area contributed by atoms with Crippen molar-refractivity contribution in [3.05, 3.63) is 35.5 Å². The normalized spacial score (nSPS) is 22.1. The molecule has 4 rings (SSSR count). The van der Waals surface area contributed by atoms with E-state index in [4.69, 9.17) is 9.47 Å². The number of H-pyrrole nitrogens is 1. The summed E-state index contributed by atoms with van der Waals surface area (Å²) in [4.78, 5) is 3.51. The van der Waals surface area contributed by atoms with Gasteiger partial charge in [0.15, 0.2) is 5.79 Å². The van der Waals surface area contributed by atoms with Crippen LogP contribution in [0.1, 0.15) is 17.7 Å². The van der Waals surface area contributed by atoms with Gasteiger partial charge < -0.3 is 14.5 Å². The van der Waals surface area contributed by atoms with Crippen molar-refractivity contribution in [3.8, 4) is 0 Å². The smallest absolute Gasteiger partial charge is 0.174 e. The predicted molar refractivity (Wildman–Crippen MR) is 65.0 cm³/mol. The standard InChI is InChI=1S/C14H15NO2/c1-2-4-12-10(3-1)11-5-6-14(9-13(11)15-12)16-7-8-17-14/h1-4,15H,5-9H2. The summed E-state index contributed by atoms with van der Waals surface area (Å²) < 4.78 is 11.6. The SMILES string of the molecule is c1ccc2c3c([nH]c2c1)CC1(CC3)OCCO1. The fourth-order valence-electron chi connectivity index (χ4n) is 3.11. The van der Waals surface area contributed by atoms with Crippen LogP contribution in [0.4, 0.5) is 0 Å². The highest BCUT2D eigenvalue weighted by Crippen LogP contribution is 2.37. The summed E-state index contributed by atoms with van der Waals surface area (Å²) >= 11 is 0. The van der Waals surface area contributed by atoms with E-state index in [-0.39, 0.29) is 5.79 Å². The first-order chi connectivity index (χ1) is 8.36. The van der Waals surface area contributed by atoms with Crippen LogP contribution < -0.4 is 0 Å². The monoisotopic (exact) mass is 229 g/mol. The van der Waals surface area contributed by atoms with Crippen molar-refractivity contribution in [1.29, 1.82) is 0 Å². The molecule has 0 bridgehead atoms. The maximum absolute atomic E-state index is 5.79. The van der Waals surface area contributed by atoms with Crippen LogP contribution in [-0.4, -0.2) is 24.0 Å². The van der Waals surface area contributed by atoms with Crippen LogP contribution in [0.15, 0.2) is 24.3 Å². The van der Waals surface area contributed by atoms with Crippen molar-refractivity contribution in [1.82, 2.24) is 4.98 Å². The minimum Gasteiger partial charge on any atom is -0.358 e. The number of aromatic amines is 1. The Kier molecular flexibility index (Phi) is 1.90. The van der Waals surface area contributed by atoms with Crippen LogP contribution in [0.25, 0.3) is 10.9 Å². The van der Waals surface area contributed by atoms with E-state index in [1.54, 1.807) is 0 Å². The minimum absolute atomic E-state index is 0.339. The molecular formula is C14H15NO2. The lowest BCUT2D eigenvalue weighted by molar-refractivity contribution is -0.164. The molecule has 1 aromatic heterocycles. The van der Waals surface area contributed by atoms with Crippen molar-refractivity contribution in [3.63, 3.8) is 0 Å². The van der Waals surface area contributed by atoms with Gasteiger partial charge in [-0.3, -0.25) is 0 Å². The number of rotatable bonds is 0. The number of benzene rings is 1. The summed E-state index contributed by atoms with van der Waals surface area (Å²) in [7, 11) is 0. The summed E-state index contributed by atoms with van der Waals surface area (Å²) in [6.07, 6.45) is 2.87. The lowest BCUT2D eigenvalue weighted by Gasteiger charge is -2.31. The molecule has 1 aliphatic carbocycles. The van der Waals surface area contributed by atoms with Crippen LogP contribution in [0, 0.1) is 0 Å². The molecular weight excluding hydrogens is 214 g/mol. The first-order valence-electron chi connectivity index (χ1n) is 6.23. The lowest BCUT2D eigenvalue weighted by atomic mass is 9.91. The van der Waals surface area contributed by atoms with Gasteiger partial charge >= 0.3 is 0 Å². The Hall–Kier alpha value is -1.32. The van der Waals surface area contributed by atoms with Gasteiger partial charge in [0.25, 0.3) is 0 Å². The molecule has 17 heavy (non-hydrogen) atoms. The minimum atomic E-state index is -0.339. The van der Waals surface area contributed by atoms with E-state index in [1.165, 1.54) is 22.2 Å². The number of nitrogens with one attached hydrogen (secondary N) is 1. The molecule has 2 heterocycles. The largest absolute Gasteiger partial charge is 0.358 e. The topological polar surface area (TPSA) is 34.2 Å². The summed E-state index contributed by atoms with van der Waals surface area (Å²) in [6.45, 7) is 1.46. The zero-order valence-corrected chi connectivity index (χ0v) is 9.66. The summed E-state index contributed by atoms with van der Waals surface area (Å²) in [5.74, 6) is -0.339. The zero-order valence-electron chi connectivity index (χ0n) is 9.66. The number of ether oxygens (including phenoxy) is 2. The Bertz CT molecular complexity index is 567. The zero-order chi connectivity index (χ0) is 11.3. The molecule has 2 aliphatic rings. The fraction of sp³-hybridized carbons (Fsp3) is 0.429. The third-order valence-corrected chi connectivity index (χ3v) is 3.92. The van der Waals surface area contributed by atoms with E-state index in [1.807, 2.05) is 0 Å². The van der Waals surface area contributed by atoms with Crippen LogP contribution in [-0.2, 0) is 22.3 Å². The molecule has 2 aromatic rings. The lowest BCUT2D eigenvalue weighted by Crippen LogP contribution is -2.36. The average Bonchev–Trinajstić information content (AvgIpc) is 2.93. The first-order valence-corrected chi connectivity index (χ1v) is 6.23. The summed E-state index contributed by atoms with van der Waals surface area (Å²) in [5.41, 5.74) is 3.97. The number of fused-ring (bicyclic) bond motifs is 3. The molecule has 1 saturated heterocycles. The third kappa shape index (κ3) is 1.36. The van der Waals surface area contributed by atoms with Crippen molar-refractivity contribution in [2.45, 2.75) is 25.0 Å². The van der Waals surface area contributed by atoms with Crippen molar-refractivity contribution >= 4 is 10.9 Å². The van der Waals surface area contributed by atoms with E-state index in [0.29, 0.717) is 0 Å². The van der Waals surface area contributed by atoms with Gasteiger partial charge in [-0.25, -0.2) is 0 Å². The van der Waals surface area contributed by atoms with Gasteiger partial charge in [0.2, 0.25) is 0 Å². The van der Waals surface area contributed by atoms with Crippen molar-refractivity contribution in [2.24, 2.45) is 0 Å². The van der Waals surface area contributed by atoms with Crippen LogP contribution >= 0.6 is 0 Å². The van der Waals surface area contributed by atoms with Gasteiger partial charge in [-0.1, -0.05) is 18.2 Å². The molecule has 1 aromatic carbocycles. The number of hydrogen-bond donors (Lipinski definition) is 1. The van der Waals surface area contributed by atoms with Crippen LogP contribution in [0.2, 0.25) is 0 Å². The molecule has 1 aliphatic heterocycles. The van der Waals surface area contributed by atoms with E-state index in [9.17, 15) is 0 Å². The third-order valence-electron chi connectivity index (χ3n) is 3.92. The molecule has 3 nitrogen and oxygen atoms in total. The second kappa shape index (κ2) is 3.34. The molecule has 88 valence electrons. The Morgan fingerprint density at radius 2 is 1.94 bits per heavy atom. The molecule has 0 amide bonds. The Labute approximate surface area is 99.7 Å². The second-order valence-corrected chi connectivity index (χ2v) is 4.91. The second-order valence-electron chi connectivity index (χ2n) is 4.91. The molecule has 0 saturated carbocycles. The van der Waals surface area contributed by atoms with Gasteiger partial charge in [-0.2, -0.15) is 0 Å². The highest BCUT2D eigenvalue weighted by atomic mass is 16.7. The van der Waals surface area contributed by atoms with E-state index >= 15 is 0 Å². The average molecular weight is 229 g/mol. The molecule has 1 spiro atoms. The van der Waals surface area contributed by atoms with Crippen LogP contribution in [0.5, 0.6) is 0 Å². The molecule has 0 atom stereocenters. The van der Waals surface area contributed by atoms with Gasteiger partial charge in [0.1, 0.15) is 0 Å². The molecule has 3 heteroatoms. The van der Waals surface area contributed by atoms with Crippen LogP contribution in [0.3, 0.4) is 0 Å². The van der Waals surface area contributed by atoms with Gasteiger partial charge in [-0.05, 0) is 18.1 Å². The quantitative estimate of drug-likeness (QED) is 0.752. The van der Waals surface area contributed by atoms with Gasteiger partial charge in [0, 0.05) is 29.4 Å². The van der Waals surface area contributed by atoms with E-state index in [0.717, 1.165) is 32.5 Å². The molecule has 0 radical (unpaired) electrons. The Morgan fingerprint density at radius 3 is 2.82 bits per heavy atom. The highest BCUT2D eigenvalue weighted by Gasteiger charge is 2.40. The highest BCUT2D eigenvalue weighted by molar-refractivity contribution is 5.84. The first kappa shape index (κ1) is 9.68. The number of aromatic nitrogens is 1. The number of hydrogen-bond acceptors (Lipinski definition) is 2. The molecule has 1 fully saturated rings. The maximum Gasteiger partial charge on any atom is 0.174 e. The maximum atomic E-state index is 5.79. The van der Waals surface area contributed by atoms with Gasteiger partial charge in [0.05, 0.1) is 13.2 Å². The Balaban J connectivity index is 1.82. The van der Waals surface area contributed by atoms with Gasteiger partial charge in [-0.15, -0.1) is 0 Å². The van der Waals surface area contributed by atoms with E-state index in [2.05, 4.69) is 29.2 Å². The number of para-hydroxylation sites is 1. The van der Waals surface area contributed by atoms with Crippen molar-refractivity contribution in [2.75, 3.05) is 13.2 Å². The summed E-state index contributed by atoms with van der Waals surface area (Å²) in [6, 6.07) is 8.50. The fourth-order valence-corrected chi connectivity index (χ4v) is 3.11. The number of aryl methyl sites for hydroxylation is 1. The van der Waals surface area contributed by atoms with Crippen molar-refractivity contribution < 1.29 is 9.47 Å². The predicted octanol–water partition coefficient (Wildman–Crippen LogP) is 2.40. The molecule has 1 N–H and O–H groups in total. The Morgan fingerprint density at radius 1 is 1.12 bits per heavy atom. The summed E-state index contributed by atoms with van der Waals surface area (Å²) in [5, 5.41) is 1.36. The van der Waals surface area contributed by atoms with E-state index < -0.39 is 0 Å².